The maximum atomic E-state index is 2.39. The summed E-state index contributed by atoms with van der Waals surface area (Å²) in [4.78, 5) is 4.79. The van der Waals surface area contributed by atoms with Crippen LogP contribution in [0.25, 0.3) is 66.1 Å². The van der Waals surface area contributed by atoms with Crippen LogP contribution in [0.4, 0.5) is 34.1 Å². The molecule has 0 saturated carbocycles. The van der Waals surface area contributed by atoms with Gasteiger partial charge in [0.2, 0.25) is 0 Å². The third-order valence-corrected chi connectivity index (χ3v) is 16.0. The molecule has 0 aliphatic heterocycles. The van der Waals surface area contributed by atoms with E-state index in [1.807, 2.05) is 0 Å². The summed E-state index contributed by atoms with van der Waals surface area (Å²) in [5, 5.41) is 4.87. The van der Waals surface area contributed by atoms with Crippen LogP contribution in [0.5, 0.6) is 0 Å². The largest absolute Gasteiger partial charge is 0.310 e. The van der Waals surface area contributed by atoms with Gasteiger partial charge in [-0.15, -0.1) is 0 Å². The predicted molar refractivity (Wildman–Crippen MR) is 322 cm³/mol. The van der Waals surface area contributed by atoms with Gasteiger partial charge in [-0.2, -0.15) is 0 Å². The number of fused-ring (bicyclic) bond motifs is 9. The predicted octanol–water partition coefficient (Wildman–Crippen LogP) is 19.2. The minimum atomic E-state index is -0.601. The molecule has 4 heteroatoms. The summed E-state index contributed by atoms with van der Waals surface area (Å²) in [5.74, 6) is 0. The van der Waals surface area contributed by atoms with Crippen LogP contribution in [0.15, 0.2) is 303 Å². The number of anilines is 6. The molecule has 12 aromatic carbocycles. The van der Waals surface area contributed by atoms with E-state index in [9.17, 15) is 0 Å². The van der Waals surface area contributed by atoms with Crippen LogP contribution in [0.1, 0.15) is 22.3 Å². The van der Waals surface area contributed by atoms with Gasteiger partial charge in [0.05, 0.1) is 27.5 Å². The second-order valence-electron chi connectivity index (χ2n) is 20.1. The molecule has 0 unspecified atom stereocenters. The van der Waals surface area contributed by atoms with Crippen molar-refractivity contribution in [2.45, 2.75) is 5.41 Å². The fraction of sp³-hybridized carbons (Fsp3) is 0.0137. The van der Waals surface area contributed by atoms with Crippen molar-refractivity contribution < 1.29 is 0 Å². The standard InChI is InChI=1S/C73H50N4/c1-5-21-53(22-6-1)74(59-45-47-71-65(49-59)63-31-15-19-35-69(63)76(71)55-25-9-3-10-26-55)57-41-37-51(38-42-57)73(67-33-17-13-29-61(67)62-30-14-18-34-68(62)73)52-39-43-58(44-40-52)75(54-23-7-2-8-24-54)60-46-48-72-66(50-60)64-32-16-20-36-70(64)77(72)56-27-11-4-12-28-56/h1-50H. The summed E-state index contributed by atoms with van der Waals surface area (Å²) in [6.07, 6.45) is 0. The number of hydrogen-bond donors (Lipinski definition) is 0. The summed E-state index contributed by atoms with van der Waals surface area (Å²) in [6.45, 7) is 0. The Morgan fingerprint density at radius 3 is 0.961 bits per heavy atom. The zero-order valence-corrected chi connectivity index (χ0v) is 42.2. The van der Waals surface area contributed by atoms with Gasteiger partial charge in [0.25, 0.3) is 0 Å². The number of rotatable bonds is 10. The van der Waals surface area contributed by atoms with Crippen LogP contribution >= 0.6 is 0 Å². The molecule has 77 heavy (non-hydrogen) atoms. The van der Waals surface area contributed by atoms with E-state index in [0.717, 1.165) is 45.5 Å². The van der Waals surface area contributed by atoms with Crippen LogP contribution in [0.2, 0.25) is 0 Å². The highest BCUT2D eigenvalue weighted by Gasteiger charge is 2.46. The maximum absolute atomic E-state index is 2.39. The minimum Gasteiger partial charge on any atom is -0.310 e. The monoisotopic (exact) mass is 982 g/mol. The molecule has 0 N–H and O–H groups in total. The molecule has 0 saturated heterocycles. The zero-order valence-electron chi connectivity index (χ0n) is 42.2. The van der Waals surface area contributed by atoms with Crippen molar-refractivity contribution in [3.63, 3.8) is 0 Å². The van der Waals surface area contributed by atoms with Gasteiger partial charge in [-0.1, -0.05) is 182 Å². The van der Waals surface area contributed by atoms with Crippen molar-refractivity contribution in [2.75, 3.05) is 9.80 Å². The molecule has 1 aliphatic rings. The normalized spacial score (nSPS) is 12.5. The van der Waals surface area contributed by atoms with E-state index in [2.05, 4.69) is 322 Å². The van der Waals surface area contributed by atoms with E-state index in [1.54, 1.807) is 0 Å². The first-order chi connectivity index (χ1) is 38.2. The van der Waals surface area contributed by atoms with E-state index in [0.29, 0.717) is 0 Å². The first-order valence-corrected chi connectivity index (χ1v) is 26.5. The molecule has 2 heterocycles. The number of nitrogens with zero attached hydrogens (tertiary/aromatic N) is 4. The highest BCUT2D eigenvalue weighted by atomic mass is 15.1. The van der Waals surface area contributed by atoms with E-state index >= 15 is 0 Å². The number of aromatic nitrogens is 2. The van der Waals surface area contributed by atoms with Crippen molar-refractivity contribution >= 4 is 77.7 Å². The third kappa shape index (κ3) is 7.00. The molecular weight excluding hydrogens is 933 g/mol. The molecule has 2 aromatic heterocycles. The van der Waals surface area contributed by atoms with Gasteiger partial charge in [0.15, 0.2) is 0 Å². The van der Waals surface area contributed by atoms with Crippen molar-refractivity contribution in [3.05, 3.63) is 326 Å². The fourth-order valence-electron chi connectivity index (χ4n) is 12.7. The second-order valence-corrected chi connectivity index (χ2v) is 20.1. The Bertz CT molecular complexity index is 4190. The highest BCUT2D eigenvalue weighted by molar-refractivity contribution is 6.12. The first-order valence-electron chi connectivity index (χ1n) is 26.5. The van der Waals surface area contributed by atoms with Gasteiger partial charge < -0.3 is 18.9 Å². The topological polar surface area (TPSA) is 16.3 Å². The third-order valence-electron chi connectivity index (χ3n) is 16.0. The van der Waals surface area contributed by atoms with Crippen LogP contribution < -0.4 is 9.80 Å². The van der Waals surface area contributed by atoms with Gasteiger partial charge in [-0.05, 0) is 155 Å². The van der Waals surface area contributed by atoms with Crippen LogP contribution in [0.3, 0.4) is 0 Å². The van der Waals surface area contributed by atoms with Crippen LogP contribution in [-0.4, -0.2) is 9.13 Å². The summed E-state index contributed by atoms with van der Waals surface area (Å²) < 4.78 is 4.76. The average Bonchev–Trinajstić information content (AvgIpc) is 4.14. The molecule has 14 aromatic rings. The molecule has 4 nitrogen and oxygen atoms in total. The van der Waals surface area contributed by atoms with Gasteiger partial charge in [-0.25, -0.2) is 0 Å². The van der Waals surface area contributed by atoms with Crippen molar-refractivity contribution in [2.24, 2.45) is 0 Å². The Hall–Kier alpha value is -10.2. The van der Waals surface area contributed by atoms with E-state index in [-0.39, 0.29) is 0 Å². The maximum Gasteiger partial charge on any atom is 0.0713 e. The Kier molecular flexibility index (Phi) is 10.4. The quantitative estimate of drug-likeness (QED) is 0.136. The second kappa shape index (κ2) is 18.0. The van der Waals surface area contributed by atoms with Crippen molar-refractivity contribution in [1.82, 2.24) is 9.13 Å². The lowest BCUT2D eigenvalue weighted by atomic mass is 9.67. The number of para-hydroxylation sites is 6. The molecule has 0 bridgehead atoms. The molecule has 0 fully saturated rings. The summed E-state index contributed by atoms with van der Waals surface area (Å²) in [6, 6.07) is 111. The lowest BCUT2D eigenvalue weighted by Gasteiger charge is -2.35. The van der Waals surface area contributed by atoms with Gasteiger partial charge >= 0.3 is 0 Å². The smallest absolute Gasteiger partial charge is 0.0713 e. The molecule has 362 valence electrons. The van der Waals surface area contributed by atoms with Crippen LogP contribution in [0, 0.1) is 0 Å². The SMILES string of the molecule is c1ccc(N(c2ccc(C3(c4ccc(N(c5ccccc5)c5ccc6c(c5)c5ccccc5n6-c5ccccc5)cc4)c4ccccc4-c4ccccc43)cc2)c2ccc3c(c2)c2ccccc2n3-c2ccccc2)cc1. The molecule has 0 spiro atoms. The van der Waals surface area contributed by atoms with Gasteiger partial charge in [-0.3, -0.25) is 0 Å². The van der Waals surface area contributed by atoms with Gasteiger partial charge in [0.1, 0.15) is 0 Å². The molecule has 0 amide bonds. The number of benzene rings is 12. The van der Waals surface area contributed by atoms with Crippen LogP contribution in [-0.2, 0) is 5.41 Å². The summed E-state index contributed by atoms with van der Waals surface area (Å²) in [5.41, 5.74) is 20.5. The van der Waals surface area contributed by atoms with E-state index < -0.39 is 5.41 Å². The Morgan fingerprint density at radius 2 is 0.545 bits per heavy atom. The molecule has 1 aliphatic carbocycles. The Labute approximate surface area is 447 Å². The van der Waals surface area contributed by atoms with Gasteiger partial charge in [0, 0.05) is 67.0 Å². The molecule has 15 rings (SSSR count). The fourth-order valence-corrected chi connectivity index (χ4v) is 12.7. The Balaban J connectivity index is 0.873. The lowest BCUT2D eigenvalue weighted by molar-refractivity contribution is 0.768. The van der Waals surface area contributed by atoms with E-state index in [4.69, 9.17) is 0 Å². The number of hydrogen-bond acceptors (Lipinski definition) is 2. The van der Waals surface area contributed by atoms with Crippen molar-refractivity contribution in [1.29, 1.82) is 0 Å². The first kappa shape index (κ1) is 44.3. The molecule has 0 radical (unpaired) electrons. The zero-order chi connectivity index (χ0) is 50.9. The Morgan fingerprint density at radius 1 is 0.234 bits per heavy atom. The molecular formula is C73H50N4. The minimum absolute atomic E-state index is 0.601. The van der Waals surface area contributed by atoms with E-state index in [1.165, 1.54) is 77.0 Å². The highest BCUT2D eigenvalue weighted by Crippen LogP contribution is 2.57. The average molecular weight is 983 g/mol. The summed E-state index contributed by atoms with van der Waals surface area (Å²) in [7, 11) is 0. The van der Waals surface area contributed by atoms with Crippen molar-refractivity contribution in [3.8, 4) is 22.5 Å². The molecule has 0 atom stereocenters. The summed E-state index contributed by atoms with van der Waals surface area (Å²) >= 11 is 0. The lowest BCUT2D eigenvalue weighted by Crippen LogP contribution is -2.28.